The summed E-state index contributed by atoms with van der Waals surface area (Å²) in [6.45, 7) is 3.47. The van der Waals surface area contributed by atoms with Crippen molar-refractivity contribution in [1.29, 1.82) is 0 Å². The van der Waals surface area contributed by atoms with Gasteiger partial charge in [-0.1, -0.05) is 52.4 Å². The molecule has 2 N–H and O–H groups in total. The third-order valence-electron chi connectivity index (χ3n) is 4.06. The Morgan fingerprint density at radius 3 is 3.00 bits per heavy atom. The minimum Gasteiger partial charge on any atom is -0.376 e. The zero-order valence-electron chi connectivity index (χ0n) is 14.7. The van der Waals surface area contributed by atoms with Gasteiger partial charge in [0.1, 0.15) is 0 Å². The van der Waals surface area contributed by atoms with E-state index in [4.69, 9.17) is 27.9 Å². The van der Waals surface area contributed by atoms with Crippen molar-refractivity contribution >= 4 is 57.3 Å². The molecule has 3 rings (SSSR count). The van der Waals surface area contributed by atoms with Crippen molar-refractivity contribution in [1.82, 2.24) is 15.5 Å². The van der Waals surface area contributed by atoms with Crippen molar-refractivity contribution < 1.29 is 9.53 Å². The summed E-state index contributed by atoms with van der Waals surface area (Å²) >= 11 is 14.8. The molecule has 1 aliphatic rings. The number of nitrogens with one attached hydrogen (secondary N) is 2. The lowest BCUT2D eigenvalue weighted by atomic mass is 10.1. The average Bonchev–Trinajstić information content (AvgIpc) is 3.32. The highest BCUT2D eigenvalue weighted by atomic mass is 35.5. The molecule has 0 radical (unpaired) electrons. The molecule has 0 saturated carbocycles. The predicted molar refractivity (Wildman–Crippen MR) is 111 cm³/mol. The number of rotatable bonds is 8. The second-order valence-electron chi connectivity index (χ2n) is 6.14. The summed E-state index contributed by atoms with van der Waals surface area (Å²) in [7, 11) is 0. The van der Waals surface area contributed by atoms with Crippen molar-refractivity contribution in [3.8, 4) is 0 Å². The summed E-state index contributed by atoms with van der Waals surface area (Å²) in [6, 6.07) is 5.18. The molecule has 27 heavy (non-hydrogen) atoms. The summed E-state index contributed by atoms with van der Waals surface area (Å²) in [5, 5.41) is 16.1. The van der Waals surface area contributed by atoms with Crippen molar-refractivity contribution in [3.05, 3.63) is 33.8 Å². The number of thioether (sulfide) groups is 1. The quantitative estimate of drug-likeness (QED) is 0.584. The highest BCUT2D eigenvalue weighted by molar-refractivity contribution is 8.01. The fourth-order valence-electron chi connectivity index (χ4n) is 2.62. The van der Waals surface area contributed by atoms with Gasteiger partial charge in [0.2, 0.25) is 11.0 Å². The number of hydrogen-bond donors (Lipinski definition) is 2. The molecule has 2 atom stereocenters. The minimum atomic E-state index is -0.161. The summed E-state index contributed by atoms with van der Waals surface area (Å²) in [5.74, 6) is 0.189. The van der Waals surface area contributed by atoms with Gasteiger partial charge in [-0.2, -0.15) is 0 Å². The summed E-state index contributed by atoms with van der Waals surface area (Å²) in [4.78, 5) is 12.2. The van der Waals surface area contributed by atoms with Crippen LogP contribution in [0.5, 0.6) is 0 Å². The first-order valence-corrected chi connectivity index (χ1v) is 11.1. The van der Waals surface area contributed by atoms with E-state index in [0.29, 0.717) is 10.0 Å². The number of halogens is 2. The maximum atomic E-state index is 12.2. The number of ether oxygens (including phenoxy) is 1. The Balaban J connectivity index is 1.42. The van der Waals surface area contributed by atoms with Crippen LogP contribution in [0.2, 0.25) is 10.0 Å². The molecule has 2 heterocycles. The first-order chi connectivity index (χ1) is 13.0. The van der Waals surface area contributed by atoms with E-state index in [0.717, 1.165) is 41.0 Å². The summed E-state index contributed by atoms with van der Waals surface area (Å²) in [5.41, 5.74) is 0.902. The second-order valence-corrected chi connectivity index (χ2v) is 9.15. The highest BCUT2D eigenvalue weighted by Crippen LogP contribution is 2.27. The predicted octanol–water partition coefficient (Wildman–Crippen LogP) is 4.41. The van der Waals surface area contributed by atoms with Crippen LogP contribution < -0.4 is 10.6 Å². The topological polar surface area (TPSA) is 76.1 Å². The maximum absolute atomic E-state index is 12.2. The van der Waals surface area contributed by atoms with Gasteiger partial charge in [0, 0.05) is 13.2 Å². The number of nitrogens with zero attached hydrogens (tertiary/aromatic N) is 2. The van der Waals surface area contributed by atoms with Crippen LogP contribution in [0, 0.1) is 0 Å². The third kappa shape index (κ3) is 6.22. The number of amides is 1. The lowest BCUT2D eigenvalue weighted by Gasteiger charge is -2.14. The van der Waals surface area contributed by atoms with E-state index >= 15 is 0 Å². The number of aromatic nitrogens is 2. The number of anilines is 1. The Labute approximate surface area is 176 Å². The van der Waals surface area contributed by atoms with E-state index in [9.17, 15) is 4.79 Å². The molecule has 1 amide bonds. The number of carbonyl (C=O) groups is 1. The Morgan fingerprint density at radius 2 is 2.26 bits per heavy atom. The lowest BCUT2D eigenvalue weighted by Crippen LogP contribution is -2.28. The summed E-state index contributed by atoms with van der Waals surface area (Å²) < 4.78 is 6.32. The fraction of sp³-hybridized carbons (Fsp3) is 0.471. The van der Waals surface area contributed by atoms with Crippen LogP contribution in [0.1, 0.15) is 31.4 Å². The second kappa shape index (κ2) is 9.93. The maximum Gasteiger partial charge on any atom is 0.230 e. The SMILES string of the molecule is CC(NC(=O)CSc1nnc(NCC2CCCO2)s1)c1ccc(Cl)c(Cl)c1. The molecule has 1 fully saturated rings. The fourth-order valence-corrected chi connectivity index (χ4v) is 4.50. The molecule has 10 heteroatoms. The molecular weight excluding hydrogens is 427 g/mol. The number of hydrogen-bond acceptors (Lipinski definition) is 7. The van der Waals surface area contributed by atoms with Crippen LogP contribution >= 0.6 is 46.3 Å². The minimum absolute atomic E-state index is 0.0809. The molecule has 1 aromatic heterocycles. The molecule has 1 saturated heterocycles. The standard InChI is InChI=1S/C17H20Cl2N4O2S2/c1-10(11-4-5-13(18)14(19)7-11)21-15(24)9-26-17-23-22-16(27-17)20-8-12-3-2-6-25-12/h4-5,7,10,12H,2-3,6,8-9H2,1H3,(H,20,22)(H,21,24). The Hall–Kier alpha value is -1.06. The molecule has 0 bridgehead atoms. The smallest absolute Gasteiger partial charge is 0.230 e. The Morgan fingerprint density at radius 1 is 1.41 bits per heavy atom. The first kappa shape index (κ1) is 20.7. The van der Waals surface area contributed by atoms with E-state index < -0.39 is 0 Å². The highest BCUT2D eigenvalue weighted by Gasteiger charge is 2.16. The Bertz CT molecular complexity index is 784. The molecule has 2 aromatic rings. The molecule has 0 aliphatic carbocycles. The van der Waals surface area contributed by atoms with Crippen molar-refractivity contribution in [2.45, 2.75) is 36.3 Å². The zero-order valence-corrected chi connectivity index (χ0v) is 17.9. The van der Waals surface area contributed by atoms with Gasteiger partial charge in [-0.3, -0.25) is 4.79 Å². The third-order valence-corrected chi connectivity index (χ3v) is 6.81. The van der Waals surface area contributed by atoms with Crippen LogP contribution in [0.4, 0.5) is 5.13 Å². The Kier molecular flexibility index (Phi) is 7.60. The first-order valence-electron chi connectivity index (χ1n) is 8.57. The number of carbonyl (C=O) groups excluding carboxylic acids is 1. The van der Waals surface area contributed by atoms with E-state index in [1.54, 1.807) is 12.1 Å². The van der Waals surface area contributed by atoms with E-state index in [1.807, 2.05) is 13.0 Å². The molecule has 146 valence electrons. The van der Waals surface area contributed by atoms with E-state index in [2.05, 4.69) is 20.8 Å². The molecule has 0 spiro atoms. The number of benzene rings is 1. The van der Waals surface area contributed by atoms with Gasteiger partial charge in [-0.15, -0.1) is 10.2 Å². The van der Waals surface area contributed by atoms with Gasteiger partial charge in [0.25, 0.3) is 0 Å². The van der Waals surface area contributed by atoms with E-state index in [1.165, 1.54) is 23.1 Å². The lowest BCUT2D eigenvalue weighted by molar-refractivity contribution is -0.119. The zero-order chi connectivity index (χ0) is 19.2. The van der Waals surface area contributed by atoms with Crippen LogP contribution in [-0.2, 0) is 9.53 Å². The van der Waals surface area contributed by atoms with Gasteiger partial charge < -0.3 is 15.4 Å². The molecule has 1 aromatic carbocycles. The van der Waals surface area contributed by atoms with E-state index in [-0.39, 0.29) is 23.8 Å². The summed E-state index contributed by atoms with van der Waals surface area (Å²) in [6.07, 6.45) is 2.43. The monoisotopic (exact) mass is 446 g/mol. The average molecular weight is 447 g/mol. The van der Waals surface area contributed by atoms with Gasteiger partial charge in [-0.25, -0.2) is 0 Å². The largest absolute Gasteiger partial charge is 0.376 e. The molecule has 2 unspecified atom stereocenters. The van der Waals surface area contributed by atoms with Crippen LogP contribution in [0.3, 0.4) is 0 Å². The van der Waals surface area contributed by atoms with Crippen molar-refractivity contribution in [2.24, 2.45) is 0 Å². The van der Waals surface area contributed by atoms with Gasteiger partial charge in [-0.05, 0) is 37.5 Å². The molecule has 1 aliphatic heterocycles. The van der Waals surface area contributed by atoms with Crippen molar-refractivity contribution in [3.63, 3.8) is 0 Å². The van der Waals surface area contributed by atoms with Gasteiger partial charge in [0.05, 0.1) is 27.9 Å². The van der Waals surface area contributed by atoms with Gasteiger partial charge in [0.15, 0.2) is 4.34 Å². The van der Waals surface area contributed by atoms with Crippen LogP contribution in [-0.4, -0.2) is 41.1 Å². The molecular formula is C17H20Cl2N4O2S2. The molecule has 6 nitrogen and oxygen atoms in total. The van der Waals surface area contributed by atoms with Crippen LogP contribution in [0.25, 0.3) is 0 Å². The van der Waals surface area contributed by atoms with Gasteiger partial charge >= 0.3 is 0 Å². The van der Waals surface area contributed by atoms with Crippen molar-refractivity contribution in [2.75, 3.05) is 24.2 Å². The normalized spacial score (nSPS) is 17.7. The van der Waals surface area contributed by atoms with Crippen LogP contribution in [0.15, 0.2) is 22.5 Å².